The average Bonchev–Trinajstić information content (AvgIpc) is 3.12. The van der Waals surface area contributed by atoms with Crippen molar-refractivity contribution in [3.05, 3.63) is 23.0 Å². The van der Waals surface area contributed by atoms with Gasteiger partial charge in [0.2, 0.25) is 0 Å². The molecule has 2 N–H and O–H groups in total. The summed E-state index contributed by atoms with van der Waals surface area (Å²) in [5.74, 6) is -0.717. The van der Waals surface area contributed by atoms with Crippen LogP contribution in [0.2, 0.25) is 0 Å². The van der Waals surface area contributed by atoms with E-state index in [0.717, 1.165) is 37.2 Å². The van der Waals surface area contributed by atoms with E-state index < -0.39 is 11.4 Å². The van der Waals surface area contributed by atoms with Gasteiger partial charge in [-0.2, -0.15) is 0 Å². The first-order valence-corrected chi connectivity index (χ1v) is 8.27. The van der Waals surface area contributed by atoms with Crippen LogP contribution in [0, 0.1) is 18.3 Å². The van der Waals surface area contributed by atoms with Gasteiger partial charge in [0.15, 0.2) is 0 Å². The highest BCUT2D eigenvalue weighted by Gasteiger charge is 2.54. The highest BCUT2D eigenvalue weighted by Crippen LogP contribution is 2.49. The molecule has 0 radical (unpaired) electrons. The molecule has 0 amide bonds. The maximum Gasteiger partial charge on any atom is 0.339 e. The van der Waals surface area contributed by atoms with Crippen molar-refractivity contribution in [1.29, 1.82) is 0 Å². The van der Waals surface area contributed by atoms with E-state index >= 15 is 0 Å². The summed E-state index contributed by atoms with van der Waals surface area (Å²) >= 11 is 0. The summed E-state index contributed by atoms with van der Waals surface area (Å²) < 4.78 is 5.05. The Balaban J connectivity index is 1.71. The normalized spacial score (nSPS) is 27.1. The lowest BCUT2D eigenvalue weighted by molar-refractivity contribution is -0.149. The van der Waals surface area contributed by atoms with E-state index in [1.165, 1.54) is 0 Å². The first kappa shape index (κ1) is 16.1. The van der Waals surface area contributed by atoms with Gasteiger partial charge in [-0.25, -0.2) is 4.79 Å². The summed E-state index contributed by atoms with van der Waals surface area (Å²) in [5, 5.41) is 9.64. The van der Waals surface area contributed by atoms with Crippen molar-refractivity contribution in [2.24, 2.45) is 11.3 Å². The Labute approximate surface area is 135 Å². The molecule has 23 heavy (non-hydrogen) atoms. The molecule has 1 saturated carbocycles. The summed E-state index contributed by atoms with van der Waals surface area (Å²) in [6, 6.07) is 1.83. The van der Waals surface area contributed by atoms with Gasteiger partial charge in [-0.3, -0.25) is 9.69 Å². The van der Waals surface area contributed by atoms with E-state index in [0.29, 0.717) is 25.3 Å². The first-order chi connectivity index (χ1) is 11.0. The van der Waals surface area contributed by atoms with Crippen LogP contribution in [0.15, 0.2) is 6.07 Å². The smallest absolute Gasteiger partial charge is 0.339 e. The average molecular weight is 320 g/mol. The summed E-state index contributed by atoms with van der Waals surface area (Å²) in [4.78, 5) is 29.0. The number of carboxylic acids is 1. The van der Waals surface area contributed by atoms with Crippen LogP contribution >= 0.6 is 0 Å². The Morgan fingerprint density at radius 3 is 2.96 bits per heavy atom. The second kappa shape index (κ2) is 6.00. The molecule has 3 rings (SSSR count). The highest BCUT2D eigenvalue weighted by atomic mass is 16.5. The number of fused-ring (bicyclic) bond motifs is 1. The fraction of sp³-hybridized carbons (Fsp3) is 0.647. The van der Waals surface area contributed by atoms with E-state index in [9.17, 15) is 14.7 Å². The molecule has 0 spiro atoms. The molecule has 1 aliphatic carbocycles. The van der Waals surface area contributed by atoms with Crippen LogP contribution in [0.3, 0.4) is 0 Å². The zero-order chi connectivity index (χ0) is 16.6. The van der Waals surface area contributed by atoms with E-state index in [4.69, 9.17) is 4.74 Å². The molecular weight excluding hydrogens is 296 g/mol. The summed E-state index contributed by atoms with van der Waals surface area (Å²) in [7, 11) is 0. The maximum atomic E-state index is 11.9. The second-order valence-electron chi connectivity index (χ2n) is 6.77. The van der Waals surface area contributed by atoms with Crippen molar-refractivity contribution in [2.75, 3.05) is 19.7 Å². The Hall–Kier alpha value is -1.82. The predicted molar refractivity (Wildman–Crippen MR) is 84.2 cm³/mol. The number of carbonyl (C=O) groups is 2. The number of aromatic amines is 1. The number of hydrogen-bond acceptors (Lipinski definition) is 4. The van der Waals surface area contributed by atoms with Gasteiger partial charge in [-0.15, -0.1) is 0 Å². The number of H-pyrrole nitrogens is 1. The highest BCUT2D eigenvalue weighted by molar-refractivity contribution is 5.91. The minimum Gasteiger partial charge on any atom is -0.481 e. The van der Waals surface area contributed by atoms with Crippen LogP contribution in [0.25, 0.3) is 0 Å². The lowest BCUT2D eigenvalue weighted by atomic mass is 9.81. The topological polar surface area (TPSA) is 82.6 Å². The molecule has 6 nitrogen and oxygen atoms in total. The zero-order valence-corrected chi connectivity index (χ0v) is 13.7. The Morgan fingerprint density at radius 1 is 1.52 bits per heavy atom. The molecule has 0 aromatic carbocycles. The summed E-state index contributed by atoms with van der Waals surface area (Å²) in [6.45, 7) is 6.06. The van der Waals surface area contributed by atoms with Gasteiger partial charge in [-0.05, 0) is 38.7 Å². The molecule has 6 heteroatoms. The van der Waals surface area contributed by atoms with Crippen LogP contribution in [-0.2, 0) is 16.1 Å². The number of likely N-dealkylation sites (tertiary alicyclic amines) is 1. The molecule has 1 aromatic heterocycles. The van der Waals surface area contributed by atoms with Gasteiger partial charge in [0.1, 0.15) is 0 Å². The van der Waals surface area contributed by atoms with Gasteiger partial charge < -0.3 is 14.8 Å². The number of carboxylic acid groups (broad SMARTS) is 1. The van der Waals surface area contributed by atoms with Crippen molar-refractivity contribution in [2.45, 2.75) is 39.7 Å². The van der Waals surface area contributed by atoms with Crippen molar-refractivity contribution >= 4 is 11.9 Å². The van der Waals surface area contributed by atoms with Crippen LogP contribution in [0.1, 0.15) is 47.9 Å². The molecule has 0 unspecified atom stereocenters. The van der Waals surface area contributed by atoms with E-state index in [2.05, 4.69) is 9.88 Å². The number of esters is 1. The number of nitrogens with one attached hydrogen (secondary N) is 1. The third-order valence-corrected chi connectivity index (χ3v) is 5.33. The molecule has 0 bridgehead atoms. The third-order valence-electron chi connectivity index (χ3n) is 5.33. The number of hydrogen-bond donors (Lipinski definition) is 2. The van der Waals surface area contributed by atoms with Gasteiger partial charge >= 0.3 is 11.9 Å². The van der Waals surface area contributed by atoms with Crippen LogP contribution in [0.4, 0.5) is 0 Å². The number of rotatable bonds is 5. The van der Waals surface area contributed by atoms with Gasteiger partial charge in [0, 0.05) is 31.0 Å². The Morgan fingerprint density at radius 2 is 2.30 bits per heavy atom. The molecule has 126 valence electrons. The number of carbonyl (C=O) groups excluding carboxylic acids is 1. The largest absolute Gasteiger partial charge is 0.481 e. The fourth-order valence-corrected chi connectivity index (χ4v) is 4.24. The van der Waals surface area contributed by atoms with Crippen molar-refractivity contribution < 1.29 is 19.4 Å². The van der Waals surface area contributed by atoms with E-state index in [-0.39, 0.29) is 11.9 Å². The lowest BCUT2D eigenvalue weighted by Crippen LogP contribution is -2.35. The third kappa shape index (κ3) is 2.76. The summed E-state index contributed by atoms with van der Waals surface area (Å²) in [5.41, 5.74) is 1.73. The van der Waals surface area contributed by atoms with Gasteiger partial charge in [-0.1, -0.05) is 6.42 Å². The van der Waals surface area contributed by atoms with Gasteiger partial charge in [0.25, 0.3) is 0 Å². The molecule has 1 saturated heterocycles. The molecule has 2 atom stereocenters. The number of aromatic nitrogens is 1. The number of aryl methyl sites for hydroxylation is 1. The summed E-state index contributed by atoms with van der Waals surface area (Å²) in [6.07, 6.45) is 2.79. The van der Waals surface area contributed by atoms with Crippen molar-refractivity contribution in [3.63, 3.8) is 0 Å². The second-order valence-corrected chi connectivity index (χ2v) is 6.77. The quantitative estimate of drug-likeness (QED) is 0.813. The zero-order valence-electron chi connectivity index (χ0n) is 13.7. The van der Waals surface area contributed by atoms with Crippen LogP contribution in [0.5, 0.6) is 0 Å². The van der Waals surface area contributed by atoms with E-state index in [1.54, 1.807) is 6.92 Å². The standard InChI is InChI=1S/C17H24N2O4/c1-3-23-15(20)14-7-13(18-11(14)2)9-19-8-12-5-4-6-17(12,10-19)16(21)22/h7,12,18H,3-6,8-10H2,1-2H3,(H,21,22)/t12-,17+/m0/s1. The molecular formula is C17H24N2O4. The number of nitrogens with zero attached hydrogens (tertiary/aromatic N) is 1. The molecule has 2 fully saturated rings. The number of ether oxygens (including phenoxy) is 1. The minimum absolute atomic E-state index is 0.251. The van der Waals surface area contributed by atoms with Crippen molar-refractivity contribution in [3.8, 4) is 0 Å². The Bertz CT molecular complexity index is 624. The minimum atomic E-state index is -0.655. The molecule has 2 aliphatic rings. The van der Waals surface area contributed by atoms with Crippen LogP contribution in [-0.4, -0.2) is 46.6 Å². The maximum absolute atomic E-state index is 11.9. The van der Waals surface area contributed by atoms with Gasteiger partial charge in [0.05, 0.1) is 17.6 Å². The monoisotopic (exact) mass is 320 g/mol. The van der Waals surface area contributed by atoms with Crippen molar-refractivity contribution in [1.82, 2.24) is 9.88 Å². The predicted octanol–water partition coefficient (Wildman–Crippen LogP) is 2.19. The van der Waals surface area contributed by atoms with E-state index in [1.807, 2.05) is 13.0 Å². The SMILES string of the molecule is CCOC(=O)c1cc(CN2C[C@@H]3CCC[C@@]3(C(=O)O)C2)[nH]c1C. The molecule has 1 aromatic rings. The number of aliphatic carboxylic acids is 1. The lowest BCUT2D eigenvalue weighted by Gasteiger charge is -2.23. The Kier molecular flexibility index (Phi) is 4.19. The fourth-order valence-electron chi connectivity index (χ4n) is 4.24. The van der Waals surface area contributed by atoms with Crippen LogP contribution < -0.4 is 0 Å². The molecule has 1 aliphatic heterocycles. The molecule has 2 heterocycles. The first-order valence-electron chi connectivity index (χ1n) is 8.27.